The van der Waals surface area contributed by atoms with Gasteiger partial charge in [0, 0.05) is 19.3 Å². The van der Waals surface area contributed by atoms with Crippen molar-refractivity contribution in [2.75, 3.05) is 13.2 Å². The second-order valence-corrected chi connectivity index (χ2v) is 20.3. The molecule has 0 saturated carbocycles. The molecule has 0 aliphatic rings. The first kappa shape index (κ1) is 61.4. The van der Waals surface area contributed by atoms with Gasteiger partial charge in [-0.25, -0.2) is 0 Å². The van der Waals surface area contributed by atoms with Crippen molar-refractivity contribution < 1.29 is 28.6 Å². The number of hydrogen-bond acceptors (Lipinski definition) is 6. The van der Waals surface area contributed by atoms with Gasteiger partial charge in [0.2, 0.25) is 0 Å². The monoisotopic (exact) mass is 891 g/mol. The normalized spacial score (nSPS) is 12.5. The zero-order chi connectivity index (χ0) is 46.1. The number of unbranched alkanes of at least 4 members (excludes halogenated alkanes) is 35. The first-order valence-electron chi connectivity index (χ1n) is 28.3. The molecule has 0 radical (unpaired) electrons. The Morgan fingerprint density at radius 2 is 0.603 bits per heavy atom. The van der Waals surface area contributed by atoms with E-state index in [0.717, 1.165) is 69.6 Å². The minimum absolute atomic E-state index is 0.0634. The van der Waals surface area contributed by atoms with Gasteiger partial charge in [0.05, 0.1) is 0 Å². The summed E-state index contributed by atoms with van der Waals surface area (Å²) >= 11 is 0. The van der Waals surface area contributed by atoms with E-state index in [1.54, 1.807) is 0 Å². The summed E-state index contributed by atoms with van der Waals surface area (Å²) in [5.41, 5.74) is 0. The highest BCUT2D eigenvalue weighted by Crippen LogP contribution is 2.18. The Morgan fingerprint density at radius 3 is 0.905 bits per heavy atom. The molecule has 0 aromatic carbocycles. The van der Waals surface area contributed by atoms with E-state index in [2.05, 4.69) is 34.6 Å². The van der Waals surface area contributed by atoms with Gasteiger partial charge in [-0.05, 0) is 31.1 Å². The van der Waals surface area contributed by atoms with Gasteiger partial charge in [0.15, 0.2) is 6.10 Å². The smallest absolute Gasteiger partial charge is 0.306 e. The molecule has 0 rings (SSSR count). The van der Waals surface area contributed by atoms with Crippen molar-refractivity contribution in [3.8, 4) is 0 Å². The third-order valence-electron chi connectivity index (χ3n) is 13.3. The second-order valence-electron chi connectivity index (χ2n) is 20.3. The van der Waals surface area contributed by atoms with Crippen LogP contribution in [-0.2, 0) is 28.6 Å². The fourth-order valence-corrected chi connectivity index (χ4v) is 8.66. The Hall–Kier alpha value is -1.59. The van der Waals surface area contributed by atoms with Gasteiger partial charge < -0.3 is 14.2 Å². The van der Waals surface area contributed by atoms with Crippen molar-refractivity contribution in [1.29, 1.82) is 0 Å². The summed E-state index contributed by atoms with van der Waals surface area (Å²) in [5.74, 6) is 0.900. The van der Waals surface area contributed by atoms with E-state index in [1.807, 2.05) is 0 Å². The standard InChI is InChI=1S/C57H110O6/c1-6-8-9-10-30-37-42-47-55(58)61-50-54(51-62-56(59)48-43-38-33-28-24-21-17-18-22-26-31-35-40-45-52(3)4)63-57(60)49-44-39-34-29-25-20-16-14-12-11-13-15-19-23-27-32-36-41-46-53(5)7-2/h52-54H,6-51H2,1-5H3/t53?,54-/m1/s1. The third-order valence-corrected chi connectivity index (χ3v) is 13.3. The van der Waals surface area contributed by atoms with Gasteiger partial charge in [-0.2, -0.15) is 0 Å². The minimum Gasteiger partial charge on any atom is -0.462 e. The molecule has 0 aliphatic carbocycles. The Kier molecular flexibility index (Phi) is 48.6. The van der Waals surface area contributed by atoms with Crippen LogP contribution in [0.1, 0.15) is 317 Å². The summed E-state index contributed by atoms with van der Waals surface area (Å²) in [6.45, 7) is 11.4. The molecule has 0 saturated heterocycles. The van der Waals surface area contributed by atoms with E-state index in [0.29, 0.717) is 19.3 Å². The highest BCUT2D eigenvalue weighted by atomic mass is 16.6. The maximum absolute atomic E-state index is 12.8. The van der Waals surface area contributed by atoms with Crippen molar-refractivity contribution in [1.82, 2.24) is 0 Å². The van der Waals surface area contributed by atoms with E-state index >= 15 is 0 Å². The number of carbonyl (C=O) groups excluding carboxylic acids is 3. The Bertz CT molecular complexity index is 964. The van der Waals surface area contributed by atoms with E-state index in [9.17, 15) is 14.4 Å². The lowest BCUT2D eigenvalue weighted by Gasteiger charge is -2.18. The van der Waals surface area contributed by atoms with Gasteiger partial charge in [-0.3, -0.25) is 14.4 Å². The fourth-order valence-electron chi connectivity index (χ4n) is 8.66. The van der Waals surface area contributed by atoms with E-state index in [1.165, 1.54) is 205 Å². The zero-order valence-electron chi connectivity index (χ0n) is 43.2. The van der Waals surface area contributed by atoms with Crippen LogP contribution in [0.4, 0.5) is 0 Å². The highest BCUT2D eigenvalue weighted by Gasteiger charge is 2.19. The van der Waals surface area contributed by atoms with Crippen molar-refractivity contribution in [2.24, 2.45) is 11.8 Å². The molecular formula is C57H110O6. The molecule has 6 nitrogen and oxygen atoms in total. The lowest BCUT2D eigenvalue weighted by molar-refractivity contribution is -0.167. The molecule has 1 unspecified atom stereocenters. The summed E-state index contributed by atoms with van der Waals surface area (Å²) < 4.78 is 16.8. The number of carbonyl (C=O) groups is 3. The van der Waals surface area contributed by atoms with Gasteiger partial charge >= 0.3 is 17.9 Å². The molecule has 0 amide bonds. The molecule has 0 heterocycles. The molecular weight excluding hydrogens is 781 g/mol. The van der Waals surface area contributed by atoms with Crippen LogP contribution < -0.4 is 0 Å². The van der Waals surface area contributed by atoms with Crippen LogP contribution in [0.5, 0.6) is 0 Å². The molecule has 0 aromatic rings. The van der Waals surface area contributed by atoms with Crippen LogP contribution in [0.15, 0.2) is 0 Å². The van der Waals surface area contributed by atoms with Crippen molar-refractivity contribution in [3.63, 3.8) is 0 Å². The lowest BCUT2D eigenvalue weighted by Crippen LogP contribution is -2.30. The summed E-state index contributed by atoms with van der Waals surface area (Å²) in [7, 11) is 0. The first-order chi connectivity index (χ1) is 30.8. The molecule has 0 N–H and O–H groups in total. The molecule has 2 atom stereocenters. The van der Waals surface area contributed by atoms with Gasteiger partial charge in [-0.1, -0.05) is 279 Å². The molecule has 0 fully saturated rings. The molecule has 374 valence electrons. The predicted octanol–water partition coefficient (Wildman–Crippen LogP) is 18.5. The minimum atomic E-state index is -0.761. The lowest BCUT2D eigenvalue weighted by atomic mass is 9.99. The van der Waals surface area contributed by atoms with Crippen LogP contribution in [0.3, 0.4) is 0 Å². The zero-order valence-corrected chi connectivity index (χ0v) is 43.2. The molecule has 63 heavy (non-hydrogen) atoms. The summed E-state index contributed by atoms with van der Waals surface area (Å²) in [5, 5.41) is 0. The molecule has 0 spiro atoms. The maximum atomic E-state index is 12.8. The van der Waals surface area contributed by atoms with Crippen LogP contribution >= 0.6 is 0 Å². The molecule has 0 aliphatic heterocycles. The highest BCUT2D eigenvalue weighted by molar-refractivity contribution is 5.71. The quantitative estimate of drug-likeness (QED) is 0.0344. The molecule has 0 bridgehead atoms. The first-order valence-corrected chi connectivity index (χ1v) is 28.3. The van der Waals surface area contributed by atoms with E-state index in [4.69, 9.17) is 14.2 Å². The molecule has 6 heteroatoms. The van der Waals surface area contributed by atoms with Gasteiger partial charge in [0.25, 0.3) is 0 Å². The van der Waals surface area contributed by atoms with Crippen molar-refractivity contribution in [2.45, 2.75) is 323 Å². The average molecular weight is 892 g/mol. The largest absolute Gasteiger partial charge is 0.462 e. The maximum Gasteiger partial charge on any atom is 0.306 e. The molecule has 0 aromatic heterocycles. The topological polar surface area (TPSA) is 78.9 Å². The summed E-state index contributed by atoms with van der Waals surface area (Å²) in [6, 6.07) is 0. The Morgan fingerprint density at radius 1 is 0.333 bits per heavy atom. The fraction of sp³-hybridized carbons (Fsp3) is 0.947. The van der Waals surface area contributed by atoms with Crippen molar-refractivity contribution >= 4 is 17.9 Å². The number of esters is 3. The summed E-state index contributed by atoms with van der Waals surface area (Å²) in [4.78, 5) is 37.9. The summed E-state index contributed by atoms with van der Waals surface area (Å²) in [6.07, 6.45) is 52.5. The van der Waals surface area contributed by atoms with Crippen LogP contribution in [-0.4, -0.2) is 37.2 Å². The average Bonchev–Trinajstić information content (AvgIpc) is 3.27. The van der Waals surface area contributed by atoms with E-state index < -0.39 is 6.10 Å². The van der Waals surface area contributed by atoms with E-state index in [-0.39, 0.29) is 31.1 Å². The Balaban J connectivity index is 4.13. The van der Waals surface area contributed by atoms with Gasteiger partial charge in [-0.15, -0.1) is 0 Å². The van der Waals surface area contributed by atoms with Crippen LogP contribution in [0.2, 0.25) is 0 Å². The van der Waals surface area contributed by atoms with Gasteiger partial charge in [0.1, 0.15) is 13.2 Å². The van der Waals surface area contributed by atoms with Crippen LogP contribution in [0, 0.1) is 11.8 Å². The number of ether oxygens (including phenoxy) is 3. The third kappa shape index (κ3) is 49.7. The number of hydrogen-bond donors (Lipinski definition) is 0. The second kappa shape index (κ2) is 49.8. The van der Waals surface area contributed by atoms with Crippen molar-refractivity contribution in [3.05, 3.63) is 0 Å². The number of rotatable bonds is 51. The Labute approximate surface area is 393 Å². The predicted molar refractivity (Wildman–Crippen MR) is 270 cm³/mol. The van der Waals surface area contributed by atoms with Crippen LogP contribution in [0.25, 0.3) is 0 Å². The SMILES string of the molecule is CCCCCCCCCC(=O)OC[C@H](COC(=O)CCCCCCCCCCCCCCCC(C)C)OC(=O)CCCCCCCCCCCCCCCCCCCCC(C)CC.